The van der Waals surface area contributed by atoms with Gasteiger partial charge in [0, 0.05) is 6.54 Å². The average Bonchev–Trinajstić information content (AvgIpc) is 2.91. The molecular weight excluding hydrogens is 206 g/mol. The van der Waals surface area contributed by atoms with Crippen LogP contribution >= 0.6 is 0 Å². The van der Waals surface area contributed by atoms with Gasteiger partial charge in [-0.05, 0) is 40.7 Å². The van der Waals surface area contributed by atoms with Crippen LogP contribution in [0.25, 0.3) is 10.8 Å². The molecule has 0 saturated heterocycles. The van der Waals surface area contributed by atoms with E-state index in [1.54, 1.807) is 0 Å². The lowest BCUT2D eigenvalue weighted by molar-refractivity contribution is 0.718. The molecule has 3 rings (SSSR count). The van der Waals surface area contributed by atoms with E-state index < -0.39 is 0 Å². The van der Waals surface area contributed by atoms with Crippen molar-refractivity contribution in [2.45, 2.75) is 38.1 Å². The lowest BCUT2D eigenvalue weighted by Crippen LogP contribution is -2.05. The number of nitrogens with two attached hydrogens (primary N) is 1. The largest absolute Gasteiger partial charge is 0.326 e. The van der Waals surface area contributed by atoms with Crippen LogP contribution in [0.1, 0.15) is 42.7 Å². The maximum atomic E-state index is 5.91. The van der Waals surface area contributed by atoms with Crippen LogP contribution in [-0.4, -0.2) is 0 Å². The molecule has 0 radical (unpaired) electrons. The molecule has 0 atom stereocenters. The molecule has 2 aromatic carbocycles. The molecule has 17 heavy (non-hydrogen) atoms. The van der Waals surface area contributed by atoms with E-state index in [1.165, 1.54) is 47.6 Å². The fourth-order valence-electron chi connectivity index (χ4n) is 3.22. The van der Waals surface area contributed by atoms with Gasteiger partial charge in [-0.2, -0.15) is 0 Å². The number of hydrogen-bond donors (Lipinski definition) is 1. The van der Waals surface area contributed by atoms with Gasteiger partial charge in [0.1, 0.15) is 0 Å². The van der Waals surface area contributed by atoms with Crippen molar-refractivity contribution >= 4 is 10.8 Å². The Morgan fingerprint density at radius 3 is 2.53 bits per heavy atom. The zero-order chi connectivity index (χ0) is 11.7. The van der Waals surface area contributed by atoms with Crippen molar-refractivity contribution < 1.29 is 0 Å². The van der Waals surface area contributed by atoms with Gasteiger partial charge in [-0.1, -0.05) is 49.2 Å². The van der Waals surface area contributed by atoms with Gasteiger partial charge < -0.3 is 5.73 Å². The molecule has 1 fully saturated rings. The molecule has 1 saturated carbocycles. The fourth-order valence-corrected chi connectivity index (χ4v) is 3.22. The lowest BCUT2D eigenvalue weighted by Gasteiger charge is -2.17. The van der Waals surface area contributed by atoms with E-state index in [0.29, 0.717) is 6.54 Å². The van der Waals surface area contributed by atoms with E-state index in [9.17, 15) is 0 Å². The van der Waals surface area contributed by atoms with E-state index in [2.05, 4.69) is 36.4 Å². The number of benzene rings is 2. The van der Waals surface area contributed by atoms with Gasteiger partial charge in [-0.3, -0.25) is 0 Å². The highest BCUT2D eigenvalue weighted by atomic mass is 14.5. The summed E-state index contributed by atoms with van der Waals surface area (Å²) in [4.78, 5) is 0. The molecule has 1 aliphatic carbocycles. The lowest BCUT2D eigenvalue weighted by atomic mass is 9.88. The van der Waals surface area contributed by atoms with Crippen molar-refractivity contribution in [3.63, 3.8) is 0 Å². The van der Waals surface area contributed by atoms with Crippen LogP contribution in [0.4, 0.5) is 0 Å². The summed E-state index contributed by atoms with van der Waals surface area (Å²) in [6.45, 7) is 0.663. The summed E-state index contributed by atoms with van der Waals surface area (Å²) in [5, 5.41) is 2.77. The van der Waals surface area contributed by atoms with E-state index in [0.717, 1.165) is 5.92 Å². The van der Waals surface area contributed by atoms with E-state index >= 15 is 0 Å². The fraction of sp³-hybridized carbons (Fsp3) is 0.375. The second kappa shape index (κ2) is 4.50. The Balaban J connectivity index is 2.23. The maximum absolute atomic E-state index is 5.91. The molecule has 2 aromatic rings. The summed E-state index contributed by atoms with van der Waals surface area (Å²) < 4.78 is 0. The summed E-state index contributed by atoms with van der Waals surface area (Å²) >= 11 is 0. The van der Waals surface area contributed by atoms with E-state index in [1.807, 2.05) is 0 Å². The predicted molar refractivity (Wildman–Crippen MR) is 73.0 cm³/mol. The first kappa shape index (κ1) is 10.8. The van der Waals surface area contributed by atoms with Crippen LogP contribution < -0.4 is 5.73 Å². The van der Waals surface area contributed by atoms with Gasteiger partial charge >= 0.3 is 0 Å². The molecule has 0 aromatic heterocycles. The summed E-state index contributed by atoms with van der Waals surface area (Å²) in [5.41, 5.74) is 8.78. The van der Waals surface area contributed by atoms with Gasteiger partial charge in [0.2, 0.25) is 0 Å². The van der Waals surface area contributed by atoms with Gasteiger partial charge in [0.25, 0.3) is 0 Å². The maximum Gasteiger partial charge on any atom is 0.0181 e. The summed E-state index contributed by atoms with van der Waals surface area (Å²) in [6.07, 6.45) is 5.41. The Bertz CT molecular complexity index is 524. The highest BCUT2D eigenvalue weighted by Gasteiger charge is 2.21. The van der Waals surface area contributed by atoms with Crippen molar-refractivity contribution in [1.29, 1.82) is 0 Å². The highest BCUT2D eigenvalue weighted by molar-refractivity contribution is 5.87. The minimum absolute atomic E-state index is 0.663. The molecule has 0 unspecified atom stereocenters. The number of rotatable bonds is 2. The molecule has 0 aliphatic heterocycles. The smallest absolute Gasteiger partial charge is 0.0181 e. The van der Waals surface area contributed by atoms with E-state index in [4.69, 9.17) is 5.73 Å². The molecule has 0 heterocycles. The van der Waals surface area contributed by atoms with Crippen LogP contribution in [0, 0.1) is 0 Å². The highest BCUT2D eigenvalue weighted by Crippen LogP contribution is 2.39. The zero-order valence-corrected chi connectivity index (χ0v) is 10.2. The number of hydrogen-bond acceptors (Lipinski definition) is 1. The zero-order valence-electron chi connectivity index (χ0n) is 10.2. The molecule has 1 aliphatic rings. The third-order valence-electron chi connectivity index (χ3n) is 4.04. The standard InChI is InChI=1S/C16H19N/c17-11-14-10-9-12-5-3-4-8-15(12)16(14)13-6-1-2-7-13/h3-5,8-10,13H,1-2,6-7,11,17H2. The second-order valence-corrected chi connectivity index (χ2v) is 5.05. The van der Waals surface area contributed by atoms with Gasteiger partial charge in [0.05, 0.1) is 0 Å². The van der Waals surface area contributed by atoms with Crippen LogP contribution in [0.2, 0.25) is 0 Å². The van der Waals surface area contributed by atoms with Crippen LogP contribution in [0.3, 0.4) is 0 Å². The van der Waals surface area contributed by atoms with Gasteiger partial charge in [-0.25, -0.2) is 0 Å². The Morgan fingerprint density at radius 1 is 1.00 bits per heavy atom. The van der Waals surface area contributed by atoms with Crippen molar-refractivity contribution in [2.24, 2.45) is 5.73 Å². The summed E-state index contributed by atoms with van der Waals surface area (Å²) in [7, 11) is 0. The Kier molecular flexibility index (Phi) is 2.86. The van der Waals surface area contributed by atoms with Crippen LogP contribution in [0.5, 0.6) is 0 Å². The first-order valence-electron chi connectivity index (χ1n) is 6.61. The summed E-state index contributed by atoms with van der Waals surface area (Å²) in [6, 6.07) is 13.1. The number of fused-ring (bicyclic) bond motifs is 1. The molecule has 0 amide bonds. The van der Waals surface area contributed by atoms with Crippen molar-refractivity contribution in [3.8, 4) is 0 Å². The minimum Gasteiger partial charge on any atom is -0.326 e. The normalized spacial score (nSPS) is 16.8. The third kappa shape index (κ3) is 1.85. The molecule has 1 heteroatoms. The topological polar surface area (TPSA) is 26.0 Å². The van der Waals surface area contributed by atoms with Gasteiger partial charge in [0.15, 0.2) is 0 Å². The van der Waals surface area contributed by atoms with Crippen molar-refractivity contribution in [2.75, 3.05) is 0 Å². The monoisotopic (exact) mass is 225 g/mol. The van der Waals surface area contributed by atoms with Crippen molar-refractivity contribution in [1.82, 2.24) is 0 Å². The summed E-state index contributed by atoms with van der Waals surface area (Å²) in [5.74, 6) is 0.736. The average molecular weight is 225 g/mol. The molecule has 0 spiro atoms. The first-order chi connectivity index (χ1) is 8.40. The second-order valence-electron chi connectivity index (χ2n) is 5.05. The molecule has 2 N–H and O–H groups in total. The Labute approximate surface area is 103 Å². The minimum atomic E-state index is 0.663. The quantitative estimate of drug-likeness (QED) is 0.822. The third-order valence-corrected chi connectivity index (χ3v) is 4.04. The van der Waals surface area contributed by atoms with Crippen molar-refractivity contribution in [3.05, 3.63) is 47.5 Å². The van der Waals surface area contributed by atoms with Crippen LogP contribution in [0.15, 0.2) is 36.4 Å². The van der Waals surface area contributed by atoms with Gasteiger partial charge in [-0.15, -0.1) is 0 Å². The Hall–Kier alpha value is -1.34. The van der Waals surface area contributed by atoms with Crippen LogP contribution in [-0.2, 0) is 6.54 Å². The molecule has 1 nitrogen and oxygen atoms in total. The van der Waals surface area contributed by atoms with E-state index in [-0.39, 0.29) is 0 Å². The molecular formula is C16H19N. The predicted octanol–water partition coefficient (Wildman–Crippen LogP) is 3.96. The SMILES string of the molecule is NCc1ccc2ccccc2c1C1CCCC1. The Morgan fingerprint density at radius 2 is 1.76 bits per heavy atom. The first-order valence-corrected chi connectivity index (χ1v) is 6.61. The molecule has 88 valence electrons. The molecule has 0 bridgehead atoms.